The Hall–Kier alpha value is -1.96. The molecule has 1 heterocycles. The van der Waals surface area contributed by atoms with E-state index in [0.717, 1.165) is 5.56 Å². The van der Waals surface area contributed by atoms with Gasteiger partial charge in [-0.15, -0.1) is 5.10 Å². The van der Waals surface area contributed by atoms with E-state index in [1.807, 2.05) is 0 Å². The second kappa shape index (κ2) is 5.13. The summed E-state index contributed by atoms with van der Waals surface area (Å²) in [6.07, 6.45) is 1.42. The van der Waals surface area contributed by atoms with Crippen LogP contribution in [0.4, 0.5) is 4.39 Å². The minimum atomic E-state index is -0.337. The van der Waals surface area contributed by atoms with Gasteiger partial charge in [0.25, 0.3) is 0 Å². The van der Waals surface area contributed by atoms with E-state index in [1.165, 1.54) is 23.1 Å². The van der Waals surface area contributed by atoms with Gasteiger partial charge in [0, 0.05) is 4.47 Å². The molecule has 0 saturated carbocycles. The Kier molecular flexibility index (Phi) is 3.56. The maximum Gasteiger partial charge on any atom is 0.219 e. The van der Waals surface area contributed by atoms with E-state index in [0.29, 0.717) is 11.0 Å². The second-order valence-corrected chi connectivity index (χ2v) is 4.44. The van der Waals surface area contributed by atoms with Crippen molar-refractivity contribution in [2.24, 2.45) is 10.9 Å². The molecule has 94 valence electrons. The van der Waals surface area contributed by atoms with Gasteiger partial charge in [0.1, 0.15) is 12.1 Å². The Balaban J connectivity index is 2.21. The van der Waals surface area contributed by atoms with Crippen molar-refractivity contribution in [3.63, 3.8) is 0 Å². The summed E-state index contributed by atoms with van der Waals surface area (Å²) in [6.45, 7) is 0.335. The Morgan fingerprint density at radius 2 is 2.28 bits per heavy atom. The summed E-state index contributed by atoms with van der Waals surface area (Å²) in [5, 5.41) is 15.3. The van der Waals surface area contributed by atoms with Crippen molar-refractivity contribution in [3.8, 4) is 0 Å². The summed E-state index contributed by atoms with van der Waals surface area (Å²) in [4.78, 5) is 3.86. The molecule has 0 aliphatic carbocycles. The summed E-state index contributed by atoms with van der Waals surface area (Å²) in [6, 6.07) is 4.54. The van der Waals surface area contributed by atoms with E-state index in [2.05, 4.69) is 31.2 Å². The first-order valence-electron chi connectivity index (χ1n) is 4.91. The fourth-order valence-corrected chi connectivity index (χ4v) is 1.93. The van der Waals surface area contributed by atoms with Crippen LogP contribution in [-0.2, 0) is 6.54 Å². The molecule has 8 heteroatoms. The first kappa shape index (κ1) is 12.5. The summed E-state index contributed by atoms with van der Waals surface area (Å²) < 4.78 is 15.3. The van der Waals surface area contributed by atoms with Gasteiger partial charge >= 0.3 is 0 Å². The average Bonchev–Trinajstić information content (AvgIpc) is 2.75. The molecule has 6 nitrogen and oxygen atoms in total. The number of rotatable bonds is 3. The number of halogens is 2. The highest BCUT2D eigenvalue weighted by Gasteiger charge is 2.07. The lowest BCUT2D eigenvalue weighted by Crippen LogP contribution is -2.15. The Labute approximate surface area is 110 Å². The topological polar surface area (TPSA) is 89.3 Å². The summed E-state index contributed by atoms with van der Waals surface area (Å²) in [7, 11) is 0. The van der Waals surface area contributed by atoms with Crippen LogP contribution in [0.15, 0.2) is 34.2 Å². The molecular weight excluding hydrogens is 305 g/mol. The number of nitrogens with zero attached hydrogens (tertiary/aromatic N) is 4. The van der Waals surface area contributed by atoms with Crippen LogP contribution in [0, 0.1) is 5.82 Å². The first-order chi connectivity index (χ1) is 8.58. The minimum absolute atomic E-state index is 0.118. The summed E-state index contributed by atoms with van der Waals surface area (Å²) >= 11 is 3.21. The lowest BCUT2D eigenvalue weighted by atomic mass is 10.2. The number of nitrogens with two attached hydrogens (primary N) is 1. The van der Waals surface area contributed by atoms with Gasteiger partial charge in [-0.05, 0) is 23.8 Å². The van der Waals surface area contributed by atoms with Gasteiger partial charge < -0.3 is 10.9 Å². The molecule has 0 atom stereocenters. The molecule has 0 radical (unpaired) electrons. The predicted octanol–water partition coefficient (Wildman–Crippen LogP) is 1.32. The van der Waals surface area contributed by atoms with Crippen molar-refractivity contribution in [1.29, 1.82) is 0 Å². The van der Waals surface area contributed by atoms with Gasteiger partial charge in [-0.25, -0.2) is 14.1 Å². The van der Waals surface area contributed by atoms with Crippen LogP contribution < -0.4 is 5.73 Å². The second-order valence-electron chi connectivity index (χ2n) is 3.53. The Morgan fingerprint density at radius 1 is 1.50 bits per heavy atom. The molecule has 0 fully saturated rings. The monoisotopic (exact) mass is 313 g/mol. The maximum atomic E-state index is 13.2. The van der Waals surface area contributed by atoms with Crippen molar-refractivity contribution in [2.75, 3.05) is 0 Å². The molecule has 18 heavy (non-hydrogen) atoms. The zero-order chi connectivity index (χ0) is 13.1. The fraction of sp³-hybridized carbons (Fsp3) is 0.100. The van der Waals surface area contributed by atoms with Crippen LogP contribution in [0.3, 0.4) is 0 Å². The molecule has 0 amide bonds. The number of amidine groups is 1. The quantitative estimate of drug-likeness (QED) is 0.387. The number of hydrogen-bond acceptors (Lipinski definition) is 4. The third kappa shape index (κ3) is 2.83. The zero-order valence-corrected chi connectivity index (χ0v) is 10.7. The standard InChI is InChI=1S/C10H9BrFN5O/c11-7-1-6(2-8(12)3-7)4-17-5-14-10(15-17)9(13)16-18/h1-3,5,18H,4H2,(H2,13,16). The molecule has 0 saturated heterocycles. The van der Waals surface area contributed by atoms with Crippen LogP contribution in [0.25, 0.3) is 0 Å². The molecule has 0 spiro atoms. The molecule has 2 rings (SSSR count). The van der Waals surface area contributed by atoms with Crippen LogP contribution in [0.2, 0.25) is 0 Å². The van der Waals surface area contributed by atoms with Crippen LogP contribution in [-0.4, -0.2) is 25.8 Å². The van der Waals surface area contributed by atoms with Gasteiger partial charge in [-0.3, -0.25) is 0 Å². The normalized spacial score (nSPS) is 11.8. The summed E-state index contributed by atoms with van der Waals surface area (Å²) in [5.74, 6) is -0.390. The largest absolute Gasteiger partial charge is 0.409 e. The van der Waals surface area contributed by atoms with Gasteiger partial charge in [0.15, 0.2) is 0 Å². The highest BCUT2D eigenvalue weighted by Crippen LogP contribution is 2.15. The molecule has 3 N–H and O–H groups in total. The summed E-state index contributed by atoms with van der Waals surface area (Å²) in [5.41, 5.74) is 6.06. The third-order valence-corrected chi connectivity index (χ3v) is 2.60. The molecule has 1 aromatic heterocycles. The van der Waals surface area contributed by atoms with Crippen molar-refractivity contribution < 1.29 is 9.60 Å². The Bertz CT molecular complexity index is 577. The van der Waals surface area contributed by atoms with Crippen LogP contribution in [0.5, 0.6) is 0 Å². The number of aromatic nitrogens is 3. The molecular formula is C10H9BrFN5O. The fourth-order valence-electron chi connectivity index (χ4n) is 1.42. The van der Waals surface area contributed by atoms with Crippen molar-refractivity contribution in [3.05, 3.63) is 46.2 Å². The van der Waals surface area contributed by atoms with Gasteiger partial charge in [-0.1, -0.05) is 21.1 Å². The highest BCUT2D eigenvalue weighted by molar-refractivity contribution is 9.10. The lowest BCUT2D eigenvalue weighted by Gasteiger charge is -2.02. The maximum absolute atomic E-state index is 13.2. The van der Waals surface area contributed by atoms with E-state index in [1.54, 1.807) is 6.07 Å². The van der Waals surface area contributed by atoms with E-state index in [4.69, 9.17) is 10.9 Å². The van der Waals surface area contributed by atoms with Crippen molar-refractivity contribution in [1.82, 2.24) is 14.8 Å². The van der Waals surface area contributed by atoms with Crippen molar-refractivity contribution in [2.45, 2.75) is 6.54 Å². The molecule has 0 bridgehead atoms. The number of benzene rings is 1. The third-order valence-electron chi connectivity index (χ3n) is 2.14. The van der Waals surface area contributed by atoms with E-state index < -0.39 is 0 Å². The Morgan fingerprint density at radius 3 is 2.94 bits per heavy atom. The van der Waals surface area contributed by atoms with Gasteiger partial charge in [-0.2, -0.15) is 0 Å². The highest BCUT2D eigenvalue weighted by atomic mass is 79.9. The van der Waals surface area contributed by atoms with Gasteiger partial charge in [0.2, 0.25) is 11.7 Å². The van der Waals surface area contributed by atoms with E-state index in [-0.39, 0.29) is 17.5 Å². The van der Waals surface area contributed by atoms with Gasteiger partial charge in [0.05, 0.1) is 6.54 Å². The average molecular weight is 314 g/mol. The molecule has 0 unspecified atom stereocenters. The molecule has 0 aliphatic heterocycles. The zero-order valence-electron chi connectivity index (χ0n) is 9.09. The predicted molar refractivity (Wildman–Crippen MR) is 65.7 cm³/mol. The van der Waals surface area contributed by atoms with E-state index >= 15 is 0 Å². The van der Waals surface area contributed by atoms with Crippen molar-refractivity contribution >= 4 is 21.8 Å². The van der Waals surface area contributed by atoms with Crippen LogP contribution in [0.1, 0.15) is 11.4 Å². The molecule has 2 aromatic rings. The molecule has 0 aliphatic rings. The number of hydrogen-bond donors (Lipinski definition) is 2. The number of oxime groups is 1. The SMILES string of the molecule is NC(=NO)c1ncn(Cc2cc(F)cc(Br)c2)n1. The lowest BCUT2D eigenvalue weighted by molar-refractivity contribution is 0.318. The van der Waals surface area contributed by atoms with E-state index in [9.17, 15) is 4.39 Å². The minimum Gasteiger partial charge on any atom is -0.409 e. The molecule has 1 aromatic carbocycles. The smallest absolute Gasteiger partial charge is 0.219 e. The van der Waals surface area contributed by atoms with Crippen LogP contribution >= 0.6 is 15.9 Å². The first-order valence-corrected chi connectivity index (χ1v) is 5.70.